The molecule has 2 rings (SSSR count). The van der Waals surface area contributed by atoms with Gasteiger partial charge in [0.1, 0.15) is 0 Å². The largest absolute Gasteiger partial charge is 0.379 e. The first-order chi connectivity index (χ1) is 9.38. The van der Waals surface area contributed by atoms with Crippen LogP contribution in [0.5, 0.6) is 0 Å². The maximum atomic E-state index is 11.5. The second kappa shape index (κ2) is 5.66. The van der Waals surface area contributed by atoms with E-state index < -0.39 is 9.84 Å². The molecule has 5 nitrogen and oxygen atoms in total. The minimum Gasteiger partial charge on any atom is -0.379 e. The molecule has 0 amide bonds. The lowest BCUT2D eigenvalue weighted by atomic mass is 10.3. The number of sulfone groups is 1. The van der Waals surface area contributed by atoms with Gasteiger partial charge in [0.15, 0.2) is 9.84 Å². The summed E-state index contributed by atoms with van der Waals surface area (Å²) in [6.45, 7) is 4.79. The van der Waals surface area contributed by atoms with Gasteiger partial charge in [0.2, 0.25) is 0 Å². The van der Waals surface area contributed by atoms with Crippen LogP contribution in [0.15, 0.2) is 41.7 Å². The van der Waals surface area contributed by atoms with Crippen LogP contribution in [-0.4, -0.2) is 24.2 Å². The number of nitrogens with zero attached hydrogens (tertiary/aromatic N) is 2. The zero-order chi connectivity index (χ0) is 14.8. The van der Waals surface area contributed by atoms with Crippen molar-refractivity contribution in [2.75, 3.05) is 11.6 Å². The Hall–Kier alpha value is -1.82. The van der Waals surface area contributed by atoms with Crippen molar-refractivity contribution in [1.82, 2.24) is 9.55 Å². The highest BCUT2D eigenvalue weighted by molar-refractivity contribution is 7.90. The summed E-state index contributed by atoms with van der Waals surface area (Å²) in [7, 11) is -3.18. The average Bonchev–Trinajstić information content (AvgIpc) is 2.84. The average molecular weight is 293 g/mol. The van der Waals surface area contributed by atoms with Gasteiger partial charge in [-0.05, 0) is 32.0 Å². The smallest absolute Gasteiger partial charge is 0.175 e. The van der Waals surface area contributed by atoms with Crippen LogP contribution >= 0.6 is 0 Å². The molecule has 1 heterocycles. The molecule has 0 spiro atoms. The van der Waals surface area contributed by atoms with Crippen molar-refractivity contribution in [3.8, 4) is 0 Å². The van der Waals surface area contributed by atoms with Crippen LogP contribution in [0.1, 0.15) is 25.6 Å². The maximum absolute atomic E-state index is 11.5. The molecular weight excluding hydrogens is 274 g/mol. The highest BCUT2D eigenvalue weighted by Gasteiger charge is 2.08. The molecule has 0 radical (unpaired) electrons. The minimum atomic E-state index is -3.18. The summed E-state index contributed by atoms with van der Waals surface area (Å²) in [6.07, 6.45) is 4.82. The van der Waals surface area contributed by atoms with E-state index in [-0.39, 0.29) is 0 Å². The topological polar surface area (TPSA) is 64.0 Å². The molecule has 0 unspecified atom stereocenters. The molecule has 108 valence electrons. The van der Waals surface area contributed by atoms with E-state index in [1.807, 2.05) is 12.3 Å². The third kappa shape index (κ3) is 3.39. The molecule has 0 aliphatic rings. The van der Waals surface area contributed by atoms with Crippen LogP contribution < -0.4 is 5.32 Å². The van der Waals surface area contributed by atoms with E-state index in [9.17, 15) is 8.42 Å². The summed E-state index contributed by atoms with van der Waals surface area (Å²) in [5, 5.41) is 3.23. The number of hydrogen-bond acceptors (Lipinski definition) is 4. The highest BCUT2D eigenvalue weighted by atomic mass is 32.2. The summed E-state index contributed by atoms with van der Waals surface area (Å²) in [4.78, 5) is 4.46. The van der Waals surface area contributed by atoms with Gasteiger partial charge in [-0.25, -0.2) is 13.4 Å². The molecule has 0 aliphatic carbocycles. The zero-order valence-electron chi connectivity index (χ0n) is 11.9. The van der Waals surface area contributed by atoms with Gasteiger partial charge in [-0.2, -0.15) is 0 Å². The van der Waals surface area contributed by atoms with E-state index in [4.69, 9.17) is 0 Å². The first-order valence-electron chi connectivity index (χ1n) is 6.42. The maximum Gasteiger partial charge on any atom is 0.175 e. The van der Waals surface area contributed by atoms with Crippen LogP contribution in [0, 0.1) is 0 Å². The Kier molecular flexibility index (Phi) is 4.13. The molecule has 2 aromatic rings. The van der Waals surface area contributed by atoms with Gasteiger partial charge < -0.3 is 9.88 Å². The lowest BCUT2D eigenvalue weighted by Crippen LogP contribution is -2.09. The number of nitrogens with one attached hydrogen (secondary N) is 1. The van der Waals surface area contributed by atoms with Crippen molar-refractivity contribution in [3.05, 3.63) is 42.5 Å². The fourth-order valence-electron chi connectivity index (χ4n) is 1.96. The van der Waals surface area contributed by atoms with Crippen LogP contribution in [-0.2, 0) is 16.4 Å². The summed E-state index contributed by atoms with van der Waals surface area (Å²) in [6, 6.07) is 7.17. The number of rotatable bonds is 5. The first kappa shape index (κ1) is 14.6. The molecule has 6 heteroatoms. The third-order valence-corrected chi connectivity index (χ3v) is 4.15. The molecule has 0 fully saturated rings. The van der Waals surface area contributed by atoms with E-state index in [1.54, 1.807) is 24.5 Å². The second-order valence-electron chi connectivity index (χ2n) is 5.04. The molecule has 1 aromatic carbocycles. The van der Waals surface area contributed by atoms with Gasteiger partial charge in [0.05, 0.1) is 23.5 Å². The predicted molar refractivity (Wildman–Crippen MR) is 79.5 cm³/mol. The Balaban J connectivity index is 2.13. The number of benzene rings is 1. The van der Waals surface area contributed by atoms with Gasteiger partial charge in [0.25, 0.3) is 0 Å². The number of aromatic nitrogens is 2. The molecule has 1 aromatic heterocycles. The second-order valence-corrected chi connectivity index (χ2v) is 7.06. The van der Waals surface area contributed by atoms with Gasteiger partial charge in [-0.3, -0.25) is 0 Å². The van der Waals surface area contributed by atoms with Crippen LogP contribution in [0.4, 0.5) is 5.69 Å². The first-order valence-corrected chi connectivity index (χ1v) is 8.32. The molecule has 0 atom stereocenters. The Morgan fingerprint density at radius 1 is 1.35 bits per heavy atom. The third-order valence-electron chi connectivity index (χ3n) is 3.04. The molecule has 20 heavy (non-hydrogen) atoms. The summed E-state index contributed by atoms with van der Waals surface area (Å²) in [5.74, 6) is 0. The predicted octanol–water partition coefficient (Wildman–Crippen LogP) is 2.48. The molecule has 0 saturated carbocycles. The van der Waals surface area contributed by atoms with Crippen molar-refractivity contribution >= 4 is 15.5 Å². The zero-order valence-corrected chi connectivity index (χ0v) is 12.7. The number of hydrogen-bond donors (Lipinski definition) is 1. The minimum absolute atomic E-state index is 0.319. The van der Waals surface area contributed by atoms with Gasteiger partial charge in [-0.15, -0.1) is 0 Å². The summed E-state index contributed by atoms with van der Waals surface area (Å²) in [5.41, 5.74) is 1.84. The Morgan fingerprint density at radius 2 is 2.10 bits per heavy atom. The summed E-state index contributed by atoms with van der Waals surface area (Å²) >= 11 is 0. The molecule has 1 N–H and O–H groups in total. The van der Waals surface area contributed by atoms with E-state index in [1.165, 1.54) is 6.26 Å². The standard InChI is InChI=1S/C14H19N3O2S/c1-11(2)17-10-15-8-13(17)9-16-12-5-4-6-14(7-12)20(3,18)19/h4-8,10-11,16H,9H2,1-3H3. The number of imidazole rings is 1. The van der Waals surface area contributed by atoms with E-state index in [2.05, 4.69) is 28.7 Å². The van der Waals surface area contributed by atoms with Gasteiger partial charge in [-0.1, -0.05) is 6.07 Å². The van der Waals surface area contributed by atoms with Gasteiger partial charge in [0, 0.05) is 24.2 Å². The summed E-state index contributed by atoms with van der Waals surface area (Å²) < 4.78 is 25.1. The number of anilines is 1. The van der Waals surface area contributed by atoms with Gasteiger partial charge >= 0.3 is 0 Å². The van der Waals surface area contributed by atoms with Crippen molar-refractivity contribution < 1.29 is 8.42 Å². The molecule has 0 aliphatic heterocycles. The van der Waals surface area contributed by atoms with Crippen molar-refractivity contribution in [3.63, 3.8) is 0 Å². The Bertz CT molecular complexity index is 690. The van der Waals surface area contributed by atoms with Crippen molar-refractivity contribution in [2.24, 2.45) is 0 Å². The van der Waals surface area contributed by atoms with Crippen molar-refractivity contribution in [1.29, 1.82) is 0 Å². The molecular formula is C14H19N3O2S. The van der Waals surface area contributed by atoms with Crippen molar-refractivity contribution in [2.45, 2.75) is 31.3 Å². The van der Waals surface area contributed by atoms with E-state index in [0.29, 0.717) is 17.5 Å². The normalized spacial score (nSPS) is 11.8. The Morgan fingerprint density at radius 3 is 2.75 bits per heavy atom. The van der Waals surface area contributed by atoms with Crippen LogP contribution in [0.2, 0.25) is 0 Å². The highest BCUT2D eigenvalue weighted by Crippen LogP contribution is 2.17. The monoisotopic (exact) mass is 293 g/mol. The van der Waals surface area contributed by atoms with E-state index in [0.717, 1.165) is 11.4 Å². The van der Waals surface area contributed by atoms with Crippen LogP contribution in [0.25, 0.3) is 0 Å². The molecule has 0 saturated heterocycles. The fraction of sp³-hybridized carbons (Fsp3) is 0.357. The SMILES string of the molecule is CC(C)n1cncc1CNc1cccc(S(C)(=O)=O)c1. The van der Waals surface area contributed by atoms with E-state index >= 15 is 0 Å². The fourth-order valence-corrected chi connectivity index (χ4v) is 2.63. The Labute approximate surface area is 119 Å². The van der Waals surface area contributed by atoms with Crippen LogP contribution in [0.3, 0.4) is 0 Å². The lowest BCUT2D eigenvalue weighted by molar-refractivity contribution is 0.577. The quantitative estimate of drug-likeness (QED) is 0.920. The molecule has 0 bridgehead atoms. The lowest BCUT2D eigenvalue weighted by Gasteiger charge is -2.13.